The quantitative estimate of drug-likeness (QED) is 0.444. The predicted octanol–water partition coefficient (Wildman–Crippen LogP) is 3.04. The molecule has 8 nitrogen and oxygen atoms in total. The monoisotopic (exact) mass is 490 g/mol. The number of hydrogen-bond acceptors (Lipinski definition) is 8. The maximum Gasteiger partial charge on any atom is 0.331 e. The standard InChI is InChI=1S/C26H22N2O6S/c1-32-25(31)26(15-6-3-2-4-7-15)21-20(22(27-26)19-8-5-13-35-19)23(29)28(24(21)30)16-9-10-17-18(14-16)34-12-11-33-17/h2-10,13-14,20-22,27H,11-12H2,1H3/t20-,21+,22-,26-/m0/s1. The molecule has 2 fully saturated rings. The number of anilines is 1. The molecule has 1 N–H and O–H groups in total. The Kier molecular flexibility index (Phi) is 5.12. The first-order valence-electron chi connectivity index (χ1n) is 11.3. The third-order valence-electron chi connectivity index (χ3n) is 6.93. The summed E-state index contributed by atoms with van der Waals surface area (Å²) in [6, 6.07) is 17.2. The number of rotatable bonds is 4. The number of thiophene rings is 1. The number of amides is 2. The van der Waals surface area contributed by atoms with E-state index in [1.807, 2.05) is 23.6 Å². The number of esters is 1. The lowest BCUT2D eigenvalue weighted by atomic mass is 9.75. The van der Waals surface area contributed by atoms with Crippen LogP contribution in [0.1, 0.15) is 16.5 Å². The molecular formula is C26H22N2O6S. The van der Waals surface area contributed by atoms with Crippen LogP contribution in [0.5, 0.6) is 11.5 Å². The zero-order valence-corrected chi connectivity index (χ0v) is 19.6. The maximum atomic E-state index is 14.1. The van der Waals surface area contributed by atoms with E-state index in [1.54, 1.807) is 42.5 Å². The number of nitrogens with zero attached hydrogens (tertiary/aromatic N) is 1. The highest BCUT2D eigenvalue weighted by Gasteiger charge is 2.70. The molecule has 9 heteroatoms. The number of nitrogens with one attached hydrogen (secondary N) is 1. The summed E-state index contributed by atoms with van der Waals surface area (Å²) in [6.45, 7) is 0.818. The molecule has 4 heterocycles. The van der Waals surface area contributed by atoms with Gasteiger partial charge in [-0.1, -0.05) is 36.4 Å². The highest BCUT2D eigenvalue weighted by Crippen LogP contribution is 2.55. The van der Waals surface area contributed by atoms with Crippen molar-refractivity contribution in [3.8, 4) is 11.5 Å². The molecule has 2 amide bonds. The van der Waals surface area contributed by atoms with Crippen molar-refractivity contribution in [3.63, 3.8) is 0 Å². The van der Waals surface area contributed by atoms with Gasteiger partial charge in [-0.05, 0) is 29.1 Å². The van der Waals surface area contributed by atoms with Crippen LogP contribution in [-0.4, -0.2) is 38.1 Å². The van der Waals surface area contributed by atoms with Gasteiger partial charge >= 0.3 is 5.97 Å². The number of ether oxygens (including phenoxy) is 3. The van der Waals surface area contributed by atoms with Crippen LogP contribution in [0.25, 0.3) is 0 Å². The van der Waals surface area contributed by atoms with Crippen LogP contribution in [-0.2, 0) is 24.7 Å². The molecule has 0 saturated carbocycles. The van der Waals surface area contributed by atoms with E-state index in [-0.39, 0.29) is 5.91 Å². The van der Waals surface area contributed by atoms with Crippen LogP contribution >= 0.6 is 11.3 Å². The van der Waals surface area contributed by atoms with Crippen LogP contribution in [0.15, 0.2) is 66.0 Å². The van der Waals surface area contributed by atoms with Crippen LogP contribution < -0.4 is 19.7 Å². The van der Waals surface area contributed by atoms with Gasteiger partial charge in [0.15, 0.2) is 17.0 Å². The second-order valence-electron chi connectivity index (χ2n) is 8.65. The minimum Gasteiger partial charge on any atom is -0.486 e. The highest BCUT2D eigenvalue weighted by molar-refractivity contribution is 7.10. The number of fused-ring (bicyclic) bond motifs is 2. The Morgan fingerprint density at radius 3 is 2.51 bits per heavy atom. The fourth-order valence-corrected chi connectivity index (χ4v) is 6.30. The number of imide groups is 1. The molecule has 4 atom stereocenters. The molecule has 0 aliphatic carbocycles. The molecule has 0 bridgehead atoms. The first-order valence-corrected chi connectivity index (χ1v) is 12.2. The molecule has 6 rings (SSSR count). The number of carbonyl (C=O) groups excluding carboxylic acids is 3. The summed E-state index contributed by atoms with van der Waals surface area (Å²) in [4.78, 5) is 43.6. The van der Waals surface area contributed by atoms with Crippen LogP contribution in [0.3, 0.4) is 0 Å². The summed E-state index contributed by atoms with van der Waals surface area (Å²) in [6.07, 6.45) is 0. The van der Waals surface area contributed by atoms with E-state index in [4.69, 9.17) is 14.2 Å². The first kappa shape index (κ1) is 21.8. The molecule has 178 valence electrons. The molecule has 3 aliphatic heterocycles. The third kappa shape index (κ3) is 3.11. The van der Waals surface area contributed by atoms with Gasteiger partial charge < -0.3 is 14.2 Å². The van der Waals surface area contributed by atoms with Crippen molar-refractivity contribution < 1.29 is 28.6 Å². The lowest BCUT2D eigenvalue weighted by molar-refractivity contribution is -0.152. The van der Waals surface area contributed by atoms with Crippen LogP contribution in [0, 0.1) is 11.8 Å². The summed E-state index contributed by atoms with van der Waals surface area (Å²) in [7, 11) is 1.29. The Morgan fingerprint density at radius 1 is 1.03 bits per heavy atom. The van der Waals surface area contributed by atoms with E-state index in [1.165, 1.54) is 23.3 Å². The molecular weight excluding hydrogens is 468 g/mol. The van der Waals surface area contributed by atoms with Crippen molar-refractivity contribution in [2.45, 2.75) is 11.6 Å². The summed E-state index contributed by atoms with van der Waals surface area (Å²) < 4.78 is 16.5. The fraction of sp³-hybridized carbons (Fsp3) is 0.269. The van der Waals surface area contributed by atoms with E-state index in [0.717, 1.165) is 4.88 Å². The fourth-order valence-electron chi connectivity index (χ4n) is 5.48. The SMILES string of the molecule is COC(=O)[C@@]1(c2ccccc2)N[C@@H](c2cccs2)[C@H]2C(=O)N(c3ccc4c(c3)OCCO4)C(=O)[C@@H]21. The zero-order valence-electron chi connectivity index (χ0n) is 18.8. The topological polar surface area (TPSA) is 94.2 Å². The van der Waals surface area contributed by atoms with E-state index in [9.17, 15) is 14.4 Å². The van der Waals surface area contributed by atoms with Gasteiger partial charge in [0.05, 0.1) is 30.7 Å². The summed E-state index contributed by atoms with van der Waals surface area (Å²) in [5, 5.41) is 5.29. The van der Waals surface area contributed by atoms with E-state index in [2.05, 4.69) is 5.32 Å². The van der Waals surface area contributed by atoms with Crippen molar-refractivity contribution in [1.82, 2.24) is 5.32 Å². The third-order valence-corrected chi connectivity index (χ3v) is 7.89. The lowest BCUT2D eigenvalue weighted by Crippen LogP contribution is -2.53. The lowest BCUT2D eigenvalue weighted by Gasteiger charge is -2.33. The average molecular weight is 491 g/mol. The molecule has 2 saturated heterocycles. The first-order chi connectivity index (χ1) is 17.1. The number of benzene rings is 2. The van der Waals surface area contributed by atoms with Gasteiger partial charge in [-0.15, -0.1) is 11.3 Å². The molecule has 3 aromatic rings. The summed E-state index contributed by atoms with van der Waals surface area (Å²) >= 11 is 1.47. The molecule has 0 unspecified atom stereocenters. The van der Waals surface area contributed by atoms with Crippen molar-refractivity contribution in [1.29, 1.82) is 0 Å². The van der Waals surface area contributed by atoms with E-state index < -0.39 is 35.3 Å². The molecule has 1 aromatic heterocycles. The predicted molar refractivity (Wildman–Crippen MR) is 127 cm³/mol. The summed E-state index contributed by atoms with van der Waals surface area (Å²) in [5.74, 6) is -2.20. The average Bonchev–Trinajstić information content (AvgIpc) is 3.61. The minimum atomic E-state index is -1.52. The molecule has 2 aromatic carbocycles. The Hall–Kier alpha value is -3.69. The Bertz CT molecular complexity index is 1310. The summed E-state index contributed by atoms with van der Waals surface area (Å²) in [5.41, 5.74) is -0.563. The Labute approximate surface area is 205 Å². The smallest absolute Gasteiger partial charge is 0.331 e. The van der Waals surface area contributed by atoms with Crippen molar-refractivity contribution in [2.75, 3.05) is 25.2 Å². The van der Waals surface area contributed by atoms with Crippen LogP contribution in [0.4, 0.5) is 5.69 Å². The molecule has 35 heavy (non-hydrogen) atoms. The largest absolute Gasteiger partial charge is 0.486 e. The van der Waals surface area contributed by atoms with E-state index in [0.29, 0.717) is 36.0 Å². The van der Waals surface area contributed by atoms with Crippen LogP contribution in [0.2, 0.25) is 0 Å². The normalized spacial score (nSPS) is 27.1. The highest BCUT2D eigenvalue weighted by atomic mass is 32.1. The van der Waals surface area contributed by atoms with Crippen molar-refractivity contribution >= 4 is 34.8 Å². The van der Waals surface area contributed by atoms with Crippen molar-refractivity contribution in [3.05, 3.63) is 76.5 Å². The zero-order chi connectivity index (χ0) is 24.2. The van der Waals surface area contributed by atoms with E-state index >= 15 is 0 Å². The number of hydrogen-bond donors (Lipinski definition) is 1. The van der Waals surface area contributed by atoms with Gasteiger partial charge in [0, 0.05) is 10.9 Å². The van der Waals surface area contributed by atoms with Gasteiger partial charge in [0.1, 0.15) is 13.2 Å². The number of carbonyl (C=O) groups is 3. The van der Waals surface area contributed by atoms with Gasteiger partial charge in [-0.2, -0.15) is 0 Å². The maximum absolute atomic E-state index is 14.1. The molecule has 0 spiro atoms. The Morgan fingerprint density at radius 2 is 1.80 bits per heavy atom. The second kappa shape index (κ2) is 8.21. The van der Waals surface area contributed by atoms with Gasteiger partial charge in [0.2, 0.25) is 11.8 Å². The second-order valence-corrected chi connectivity index (χ2v) is 9.63. The van der Waals surface area contributed by atoms with Gasteiger partial charge in [0.25, 0.3) is 0 Å². The Balaban J connectivity index is 1.52. The van der Waals surface area contributed by atoms with Crippen molar-refractivity contribution in [2.24, 2.45) is 11.8 Å². The molecule has 0 radical (unpaired) electrons. The van der Waals surface area contributed by atoms with Gasteiger partial charge in [-0.3, -0.25) is 14.9 Å². The molecule has 3 aliphatic rings. The minimum absolute atomic E-state index is 0.371. The number of methoxy groups -OCH3 is 1. The van der Waals surface area contributed by atoms with Gasteiger partial charge in [-0.25, -0.2) is 9.69 Å².